The Hall–Kier alpha value is -1.51. The zero-order valence-electron chi connectivity index (χ0n) is 10.9. The van der Waals surface area contributed by atoms with E-state index in [1.807, 2.05) is 36.4 Å². The van der Waals surface area contributed by atoms with E-state index in [0.29, 0.717) is 10.9 Å². The van der Waals surface area contributed by atoms with Gasteiger partial charge in [-0.1, -0.05) is 41.9 Å². The van der Waals surface area contributed by atoms with Crippen molar-refractivity contribution in [1.29, 1.82) is 0 Å². The van der Waals surface area contributed by atoms with E-state index in [4.69, 9.17) is 23.2 Å². The van der Waals surface area contributed by atoms with Gasteiger partial charge in [-0.2, -0.15) is 0 Å². The van der Waals surface area contributed by atoms with E-state index in [2.05, 4.69) is 21.7 Å². The van der Waals surface area contributed by atoms with Crippen molar-refractivity contribution in [2.24, 2.45) is 0 Å². The Labute approximate surface area is 128 Å². The lowest BCUT2D eigenvalue weighted by molar-refractivity contribution is 0.754. The second-order valence-electron chi connectivity index (χ2n) is 4.67. The smallest absolute Gasteiger partial charge is 0.111 e. The Morgan fingerprint density at radius 1 is 1.05 bits per heavy atom. The number of rotatable bonds is 4. The minimum atomic E-state index is 0.561. The van der Waals surface area contributed by atoms with Crippen LogP contribution in [0, 0.1) is 0 Å². The summed E-state index contributed by atoms with van der Waals surface area (Å²) >= 11 is 11.9. The quantitative estimate of drug-likeness (QED) is 0.648. The Kier molecular flexibility index (Phi) is 3.95. The monoisotopic (exact) mass is 304 g/mol. The van der Waals surface area contributed by atoms with Gasteiger partial charge in [0.25, 0.3) is 0 Å². The number of alkyl halides is 1. The molecule has 0 spiro atoms. The molecule has 0 N–H and O–H groups in total. The zero-order chi connectivity index (χ0) is 13.9. The Balaban J connectivity index is 2.09. The first-order valence-electron chi connectivity index (χ1n) is 6.52. The average molecular weight is 305 g/mol. The molecule has 0 atom stereocenters. The first kappa shape index (κ1) is 13.5. The van der Waals surface area contributed by atoms with Gasteiger partial charge in [0.15, 0.2) is 0 Å². The first-order chi connectivity index (χ1) is 9.78. The normalized spacial score (nSPS) is 11.1. The standard InChI is InChI=1S/C16H14Cl2N2/c17-9-8-16-19-14-10-13(18)6-7-15(14)20(16)11-12-4-2-1-3-5-12/h1-7,10H,8-9,11H2. The number of imidazole rings is 1. The third-order valence-corrected chi connectivity index (χ3v) is 3.72. The summed E-state index contributed by atoms with van der Waals surface area (Å²) < 4.78 is 2.21. The first-order valence-corrected chi connectivity index (χ1v) is 7.44. The van der Waals surface area contributed by atoms with Crippen LogP contribution in [-0.4, -0.2) is 15.4 Å². The van der Waals surface area contributed by atoms with Crippen molar-refractivity contribution in [2.45, 2.75) is 13.0 Å². The fraction of sp³-hybridized carbons (Fsp3) is 0.188. The fourth-order valence-electron chi connectivity index (χ4n) is 2.37. The third-order valence-electron chi connectivity index (χ3n) is 3.29. The van der Waals surface area contributed by atoms with E-state index in [9.17, 15) is 0 Å². The molecule has 1 aromatic heterocycles. The minimum Gasteiger partial charge on any atom is -0.323 e. The summed E-state index contributed by atoms with van der Waals surface area (Å²) in [5.41, 5.74) is 3.27. The molecular weight excluding hydrogens is 291 g/mol. The number of nitrogens with zero attached hydrogens (tertiary/aromatic N) is 2. The van der Waals surface area contributed by atoms with Gasteiger partial charge in [-0.15, -0.1) is 11.6 Å². The lowest BCUT2D eigenvalue weighted by atomic mass is 10.2. The van der Waals surface area contributed by atoms with Crippen LogP contribution in [0.3, 0.4) is 0 Å². The summed E-state index contributed by atoms with van der Waals surface area (Å²) in [6.07, 6.45) is 0.751. The van der Waals surface area contributed by atoms with Crippen molar-refractivity contribution in [1.82, 2.24) is 9.55 Å². The summed E-state index contributed by atoms with van der Waals surface area (Å²) in [6, 6.07) is 16.2. The van der Waals surface area contributed by atoms with Gasteiger partial charge in [0, 0.05) is 23.9 Å². The van der Waals surface area contributed by atoms with Gasteiger partial charge in [-0.05, 0) is 23.8 Å². The van der Waals surface area contributed by atoms with Gasteiger partial charge in [0.05, 0.1) is 11.0 Å². The number of hydrogen-bond donors (Lipinski definition) is 0. The Morgan fingerprint density at radius 3 is 2.60 bits per heavy atom. The molecule has 1 heterocycles. The number of benzene rings is 2. The molecule has 0 aliphatic heterocycles. The molecule has 2 aromatic carbocycles. The molecule has 0 aliphatic carbocycles. The number of aryl methyl sites for hydroxylation is 1. The maximum Gasteiger partial charge on any atom is 0.111 e. The second kappa shape index (κ2) is 5.86. The van der Waals surface area contributed by atoms with Crippen molar-refractivity contribution < 1.29 is 0 Å². The molecule has 3 rings (SSSR count). The SMILES string of the molecule is ClCCc1nc2cc(Cl)ccc2n1Cc1ccccc1. The summed E-state index contributed by atoms with van der Waals surface area (Å²) in [5.74, 6) is 1.56. The lowest BCUT2D eigenvalue weighted by Crippen LogP contribution is -2.05. The highest BCUT2D eigenvalue weighted by Crippen LogP contribution is 2.22. The predicted octanol–water partition coefficient (Wildman–Crippen LogP) is 4.52. The summed E-state index contributed by atoms with van der Waals surface area (Å²) in [5, 5.41) is 0.708. The minimum absolute atomic E-state index is 0.561. The van der Waals surface area contributed by atoms with E-state index in [1.165, 1.54) is 5.56 Å². The number of hydrogen-bond acceptors (Lipinski definition) is 1. The molecule has 0 amide bonds. The third kappa shape index (κ3) is 2.67. The molecule has 0 aliphatic rings. The fourth-order valence-corrected chi connectivity index (χ4v) is 2.71. The average Bonchev–Trinajstić information content (AvgIpc) is 2.77. The molecule has 0 saturated heterocycles. The molecular formula is C16H14Cl2N2. The van der Waals surface area contributed by atoms with Crippen LogP contribution in [0.25, 0.3) is 11.0 Å². The molecule has 3 aromatic rings. The van der Waals surface area contributed by atoms with Crippen LogP contribution in [0.15, 0.2) is 48.5 Å². The topological polar surface area (TPSA) is 17.8 Å². The van der Waals surface area contributed by atoms with Gasteiger partial charge in [-0.25, -0.2) is 4.98 Å². The van der Waals surface area contributed by atoms with Crippen molar-refractivity contribution in [2.75, 3.05) is 5.88 Å². The Morgan fingerprint density at radius 2 is 1.85 bits per heavy atom. The van der Waals surface area contributed by atoms with Crippen LogP contribution in [0.1, 0.15) is 11.4 Å². The molecule has 0 unspecified atom stereocenters. The molecule has 0 radical (unpaired) electrons. The highest BCUT2D eigenvalue weighted by Gasteiger charge is 2.11. The number of aromatic nitrogens is 2. The van der Waals surface area contributed by atoms with Crippen molar-refractivity contribution >= 4 is 34.2 Å². The molecule has 0 fully saturated rings. The van der Waals surface area contributed by atoms with Crippen LogP contribution >= 0.6 is 23.2 Å². The largest absolute Gasteiger partial charge is 0.323 e. The van der Waals surface area contributed by atoms with Crippen molar-refractivity contribution in [3.63, 3.8) is 0 Å². The highest BCUT2D eigenvalue weighted by molar-refractivity contribution is 6.31. The second-order valence-corrected chi connectivity index (χ2v) is 5.49. The summed E-state index contributed by atoms with van der Waals surface area (Å²) in [6.45, 7) is 0.797. The van der Waals surface area contributed by atoms with Crippen LogP contribution < -0.4 is 0 Å². The van der Waals surface area contributed by atoms with Crippen LogP contribution in [0.2, 0.25) is 5.02 Å². The van der Waals surface area contributed by atoms with Crippen LogP contribution in [0.5, 0.6) is 0 Å². The molecule has 0 bridgehead atoms. The van der Waals surface area contributed by atoms with E-state index < -0.39 is 0 Å². The maximum atomic E-state index is 6.04. The van der Waals surface area contributed by atoms with Crippen molar-refractivity contribution in [3.05, 3.63) is 64.9 Å². The van der Waals surface area contributed by atoms with Gasteiger partial charge in [0.1, 0.15) is 5.82 Å². The predicted molar refractivity (Wildman–Crippen MR) is 84.7 cm³/mol. The van der Waals surface area contributed by atoms with E-state index in [1.54, 1.807) is 0 Å². The van der Waals surface area contributed by atoms with E-state index in [-0.39, 0.29) is 0 Å². The lowest BCUT2D eigenvalue weighted by Gasteiger charge is -2.08. The summed E-state index contributed by atoms with van der Waals surface area (Å²) in [4.78, 5) is 4.65. The number of halogens is 2. The van der Waals surface area contributed by atoms with E-state index in [0.717, 1.165) is 29.8 Å². The van der Waals surface area contributed by atoms with Gasteiger partial charge >= 0.3 is 0 Å². The highest BCUT2D eigenvalue weighted by atomic mass is 35.5. The van der Waals surface area contributed by atoms with Crippen LogP contribution in [0.4, 0.5) is 0 Å². The van der Waals surface area contributed by atoms with E-state index >= 15 is 0 Å². The van der Waals surface area contributed by atoms with Crippen molar-refractivity contribution in [3.8, 4) is 0 Å². The maximum absolute atomic E-state index is 6.04. The molecule has 2 nitrogen and oxygen atoms in total. The zero-order valence-corrected chi connectivity index (χ0v) is 12.4. The summed E-state index contributed by atoms with van der Waals surface area (Å²) in [7, 11) is 0. The van der Waals surface area contributed by atoms with Gasteiger partial charge in [0.2, 0.25) is 0 Å². The molecule has 20 heavy (non-hydrogen) atoms. The van der Waals surface area contributed by atoms with Gasteiger partial charge in [-0.3, -0.25) is 0 Å². The molecule has 102 valence electrons. The number of fused-ring (bicyclic) bond motifs is 1. The molecule has 4 heteroatoms. The van der Waals surface area contributed by atoms with Crippen LogP contribution in [-0.2, 0) is 13.0 Å². The molecule has 0 saturated carbocycles. The Bertz CT molecular complexity index is 720. The van der Waals surface area contributed by atoms with Gasteiger partial charge < -0.3 is 4.57 Å².